The van der Waals surface area contributed by atoms with Crippen LogP contribution in [0.15, 0.2) is 152 Å². The quantitative estimate of drug-likeness (QED) is 0.334. The van der Waals surface area contributed by atoms with Crippen LogP contribution in [0.4, 0.5) is 0 Å². The predicted octanol–water partition coefficient (Wildman–Crippen LogP) is 3.54. The third-order valence-electron chi connectivity index (χ3n) is 5.02. The molecule has 0 atom stereocenters. The molecule has 5 aromatic rings. The predicted molar refractivity (Wildman–Crippen MR) is 142 cm³/mol. The van der Waals surface area contributed by atoms with Crippen LogP contribution in [0.25, 0.3) is 0 Å². The maximum atomic E-state index is 2.27. The number of benzene rings is 5. The van der Waals surface area contributed by atoms with Crippen molar-refractivity contribution < 1.29 is 0 Å². The minimum Gasteiger partial charge on any atom is -0.0631 e. The van der Waals surface area contributed by atoms with E-state index in [4.69, 9.17) is 0 Å². The van der Waals surface area contributed by atoms with Crippen molar-refractivity contribution in [1.29, 1.82) is 0 Å². The number of hydrogen-bond donors (Lipinski definition) is 0. The Morgan fingerprint density at radius 2 is 0.562 bits per heavy atom. The van der Waals surface area contributed by atoms with E-state index in [1.54, 1.807) is 0 Å². The summed E-state index contributed by atoms with van der Waals surface area (Å²) in [5.74, 6) is 0. The Labute approximate surface area is 198 Å². The molecule has 0 amide bonds. The average molecular weight is 486 g/mol. The molecule has 0 bridgehead atoms. The van der Waals surface area contributed by atoms with Crippen LogP contribution in [-0.4, -0.2) is 23.9 Å². The van der Waals surface area contributed by atoms with Crippen molar-refractivity contribution in [2.75, 3.05) is 0 Å². The first-order valence-electron chi connectivity index (χ1n) is 10.8. The Kier molecular flexibility index (Phi) is 8.30. The molecule has 0 heterocycles. The smallest absolute Gasteiger partial charge is 0.0631 e. The molecular weight excluding hydrogens is 461 g/mol. The Hall–Kier alpha value is -3.14. The molecule has 0 saturated heterocycles. The molecule has 32 heavy (non-hydrogen) atoms. The Morgan fingerprint density at radius 1 is 0.312 bits per heavy atom. The summed E-state index contributed by atoms with van der Waals surface area (Å²) < 4.78 is 4.50. The van der Waals surface area contributed by atoms with E-state index in [0.717, 1.165) is 9.52 Å². The van der Waals surface area contributed by atoms with Crippen molar-refractivity contribution in [3.63, 3.8) is 0 Å². The molecule has 0 aliphatic rings. The van der Waals surface area contributed by atoms with Crippen molar-refractivity contribution >= 4 is 47.4 Å². The van der Waals surface area contributed by atoms with Gasteiger partial charge in [-0.2, -0.15) is 0 Å². The molecule has 0 nitrogen and oxygen atoms in total. The fourth-order valence-corrected chi connectivity index (χ4v) is 9.98. The van der Waals surface area contributed by atoms with E-state index in [1.807, 2.05) is 0 Å². The van der Waals surface area contributed by atoms with Gasteiger partial charge in [-0.3, -0.25) is 0 Å². The second-order valence-corrected chi connectivity index (χ2v) is 13.9. The number of rotatable bonds is 5. The van der Waals surface area contributed by atoms with E-state index in [1.165, 1.54) is 23.6 Å². The van der Waals surface area contributed by atoms with Crippen molar-refractivity contribution in [1.82, 2.24) is 0 Å². The van der Waals surface area contributed by atoms with Gasteiger partial charge in [-0.1, -0.05) is 71.0 Å². The van der Waals surface area contributed by atoms with Crippen LogP contribution in [0.3, 0.4) is 0 Å². The van der Waals surface area contributed by atoms with Crippen molar-refractivity contribution in [3.05, 3.63) is 152 Å². The van der Waals surface area contributed by atoms with Crippen LogP contribution in [0.5, 0.6) is 0 Å². The molecule has 0 aliphatic carbocycles. The first-order chi connectivity index (χ1) is 15.9. The summed E-state index contributed by atoms with van der Waals surface area (Å²) >= 11 is -1.63. The summed E-state index contributed by atoms with van der Waals surface area (Å²) in [6.07, 6.45) is 0. The molecule has 5 rings (SSSR count). The molecule has 0 fully saturated rings. The summed E-state index contributed by atoms with van der Waals surface area (Å²) in [6.45, 7) is 0. The average Bonchev–Trinajstić information content (AvgIpc) is 2.88. The van der Waals surface area contributed by atoms with Gasteiger partial charge >= 0.3 is 119 Å². The molecular formula is C30H25GeSi. The van der Waals surface area contributed by atoms with Crippen LogP contribution >= 0.6 is 0 Å². The van der Waals surface area contributed by atoms with Gasteiger partial charge in [0.05, 0.1) is 0 Å². The van der Waals surface area contributed by atoms with Gasteiger partial charge in [-0.15, -0.1) is 0 Å². The molecule has 0 spiro atoms. The zero-order valence-electron chi connectivity index (χ0n) is 17.9. The Balaban J connectivity index is 0.000000165. The van der Waals surface area contributed by atoms with Gasteiger partial charge in [0, 0.05) is 0 Å². The van der Waals surface area contributed by atoms with Crippen LogP contribution < -0.4 is 23.6 Å². The second kappa shape index (κ2) is 12.0. The maximum Gasteiger partial charge on any atom is 0.121 e. The topological polar surface area (TPSA) is 0 Å². The van der Waals surface area contributed by atoms with Crippen molar-refractivity contribution in [3.8, 4) is 0 Å². The summed E-state index contributed by atoms with van der Waals surface area (Å²) in [5, 5.41) is 2.79. The van der Waals surface area contributed by atoms with Gasteiger partial charge < -0.3 is 0 Å². The fourth-order valence-electron chi connectivity index (χ4n) is 3.52. The first-order valence-corrected chi connectivity index (χ1v) is 15.0. The summed E-state index contributed by atoms with van der Waals surface area (Å²) in [7, 11) is 0.777. The molecule has 0 aromatic heterocycles. The Morgan fingerprint density at radius 3 is 0.844 bits per heavy atom. The van der Waals surface area contributed by atoms with Crippen molar-refractivity contribution in [2.45, 2.75) is 0 Å². The third kappa shape index (κ3) is 6.43. The van der Waals surface area contributed by atoms with Gasteiger partial charge in [0.15, 0.2) is 0 Å². The second-order valence-electron chi connectivity index (χ2n) is 7.33. The van der Waals surface area contributed by atoms with Crippen molar-refractivity contribution in [2.24, 2.45) is 0 Å². The molecule has 3 radical (unpaired) electrons. The molecule has 153 valence electrons. The van der Waals surface area contributed by atoms with Gasteiger partial charge in [0.1, 0.15) is 9.52 Å². The normalized spacial score (nSPS) is 10.3. The largest absolute Gasteiger partial charge is 0.121 e. The third-order valence-corrected chi connectivity index (χ3v) is 12.0. The Bertz CT molecular complexity index is 1030. The van der Waals surface area contributed by atoms with Gasteiger partial charge in [-0.25, -0.2) is 0 Å². The van der Waals surface area contributed by atoms with E-state index in [0.29, 0.717) is 0 Å². The zero-order chi connectivity index (χ0) is 21.8. The monoisotopic (exact) mass is 487 g/mol. The molecule has 5 aromatic carbocycles. The maximum absolute atomic E-state index is 2.27. The van der Waals surface area contributed by atoms with E-state index < -0.39 is 14.3 Å². The van der Waals surface area contributed by atoms with E-state index in [9.17, 15) is 0 Å². The first kappa shape index (κ1) is 22.1. The summed E-state index contributed by atoms with van der Waals surface area (Å²) in [4.78, 5) is 0. The standard InChI is InChI=1S/C18H15Ge.C12H10Si/c1-4-10-16(11-5-1)19(17-12-6-2-7-13-17)18-14-8-3-9-15-18;1-3-7-11(8-4-1)13-12-9-5-2-6-10-12/h1-15H;1-10H. The molecule has 0 unspecified atom stereocenters. The van der Waals surface area contributed by atoms with Crippen LogP contribution in [0, 0.1) is 0 Å². The van der Waals surface area contributed by atoms with E-state index in [2.05, 4.69) is 152 Å². The minimum atomic E-state index is -1.63. The van der Waals surface area contributed by atoms with Gasteiger partial charge in [0.2, 0.25) is 0 Å². The van der Waals surface area contributed by atoms with Crippen LogP contribution in [-0.2, 0) is 0 Å². The van der Waals surface area contributed by atoms with Crippen LogP contribution in [0.2, 0.25) is 0 Å². The van der Waals surface area contributed by atoms with Gasteiger partial charge in [0.25, 0.3) is 0 Å². The zero-order valence-corrected chi connectivity index (χ0v) is 21.0. The molecule has 2 heteroatoms. The number of hydrogen-bond acceptors (Lipinski definition) is 0. The molecule has 0 aliphatic heterocycles. The minimum absolute atomic E-state index is 0.777. The summed E-state index contributed by atoms with van der Waals surface area (Å²) in [5.41, 5.74) is 0. The van der Waals surface area contributed by atoms with Crippen LogP contribution in [0.1, 0.15) is 0 Å². The van der Waals surface area contributed by atoms with E-state index in [-0.39, 0.29) is 0 Å². The SMILES string of the molecule is c1cc[c]([Ge]([c]2ccccc2)[c]2ccccc2)cc1.c1ccc([Si]c2ccccc2)cc1. The summed E-state index contributed by atoms with van der Waals surface area (Å²) in [6, 6.07) is 54.0. The molecule has 0 saturated carbocycles. The fraction of sp³-hybridized carbons (Fsp3) is 0. The van der Waals surface area contributed by atoms with Gasteiger partial charge in [-0.05, 0) is 0 Å². The molecule has 0 N–H and O–H groups in total. The van der Waals surface area contributed by atoms with E-state index >= 15 is 0 Å².